The van der Waals surface area contributed by atoms with Crippen molar-refractivity contribution < 1.29 is 0 Å². The van der Waals surface area contributed by atoms with E-state index in [0.717, 1.165) is 18.3 Å². The molecule has 0 bridgehead atoms. The maximum absolute atomic E-state index is 4.12. The summed E-state index contributed by atoms with van der Waals surface area (Å²) in [5.74, 6) is 0. The second-order valence-corrected chi connectivity index (χ2v) is 2.11. The molecule has 0 aliphatic carbocycles. The summed E-state index contributed by atoms with van der Waals surface area (Å²) in [6.45, 7) is 1.98. The Bertz CT molecular complexity index is 96.6. The summed E-state index contributed by atoms with van der Waals surface area (Å²) in [6, 6.07) is 0. The van der Waals surface area contributed by atoms with E-state index in [2.05, 4.69) is 10.3 Å². The molecule has 0 saturated heterocycles. The van der Waals surface area contributed by atoms with E-state index < -0.39 is 0 Å². The van der Waals surface area contributed by atoms with Crippen molar-refractivity contribution in [2.24, 2.45) is 4.99 Å². The highest BCUT2D eigenvalue weighted by atomic mass is 127. The number of aliphatic imine (C=N–C) groups is 1. The van der Waals surface area contributed by atoms with Crippen LogP contribution in [0.15, 0.2) is 4.99 Å². The summed E-state index contributed by atoms with van der Waals surface area (Å²) < 4.78 is 0. The second-order valence-electron chi connectivity index (χ2n) is 1.32. The standard InChI is InChI=1S/C4H8N2S.2HI/c1-7-4-5-2-3-6-4;;/h2-3H2,1H3,(H,5,6);2*1H. The van der Waals surface area contributed by atoms with Gasteiger partial charge in [0.25, 0.3) is 0 Å². The van der Waals surface area contributed by atoms with Crippen molar-refractivity contribution in [1.82, 2.24) is 5.32 Å². The van der Waals surface area contributed by atoms with Crippen LogP contribution in [0.5, 0.6) is 0 Å². The van der Waals surface area contributed by atoms with Gasteiger partial charge in [0.05, 0.1) is 6.54 Å². The molecule has 2 nitrogen and oxygen atoms in total. The Kier molecular flexibility index (Phi) is 10.6. The Morgan fingerprint density at radius 1 is 1.56 bits per heavy atom. The van der Waals surface area contributed by atoms with E-state index >= 15 is 0 Å². The predicted molar refractivity (Wildman–Crippen MR) is 64.6 cm³/mol. The molecule has 0 aromatic heterocycles. The first kappa shape index (κ1) is 12.9. The van der Waals surface area contributed by atoms with E-state index in [0.29, 0.717) is 0 Å². The number of rotatable bonds is 0. The number of halogens is 2. The number of thioether (sulfide) groups is 1. The quantitative estimate of drug-likeness (QED) is 0.653. The number of hydrogen-bond acceptors (Lipinski definition) is 3. The molecule has 0 aromatic carbocycles. The average molecular weight is 372 g/mol. The van der Waals surface area contributed by atoms with Crippen LogP contribution in [-0.2, 0) is 0 Å². The maximum atomic E-state index is 4.12. The molecule has 0 aromatic rings. The number of nitrogens with one attached hydrogen (secondary N) is 1. The second kappa shape index (κ2) is 7.39. The van der Waals surface area contributed by atoms with E-state index in [4.69, 9.17) is 0 Å². The molecule has 0 saturated carbocycles. The van der Waals surface area contributed by atoms with Gasteiger partial charge < -0.3 is 5.32 Å². The Morgan fingerprint density at radius 2 is 2.22 bits per heavy atom. The Hall–Kier alpha value is 1.28. The third-order valence-electron chi connectivity index (χ3n) is 0.837. The lowest BCUT2D eigenvalue weighted by Crippen LogP contribution is -2.14. The van der Waals surface area contributed by atoms with Gasteiger partial charge in [0, 0.05) is 6.54 Å². The minimum atomic E-state index is 0. The largest absolute Gasteiger partial charge is 0.363 e. The van der Waals surface area contributed by atoms with Crippen molar-refractivity contribution in [3.63, 3.8) is 0 Å². The summed E-state index contributed by atoms with van der Waals surface area (Å²) >= 11 is 1.67. The fraction of sp³-hybridized carbons (Fsp3) is 0.750. The molecule has 0 radical (unpaired) electrons. The topological polar surface area (TPSA) is 24.4 Å². The highest BCUT2D eigenvalue weighted by molar-refractivity contribution is 14.0. The van der Waals surface area contributed by atoms with E-state index in [1.165, 1.54) is 0 Å². The monoisotopic (exact) mass is 372 g/mol. The van der Waals surface area contributed by atoms with Crippen LogP contribution in [0.2, 0.25) is 0 Å². The first-order valence-corrected chi connectivity index (χ1v) is 3.48. The van der Waals surface area contributed by atoms with Gasteiger partial charge in [-0.2, -0.15) is 0 Å². The molecule has 0 fully saturated rings. The summed E-state index contributed by atoms with van der Waals surface area (Å²) in [4.78, 5) is 4.12. The molecule has 0 spiro atoms. The van der Waals surface area contributed by atoms with Gasteiger partial charge in [-0.3, -0.25) is 4.99 Å². The first-order chi connectivity index (χ1) is 3.43. The van der Waals surface area contributed by atoms with Crippen LogP contribution in [0.4, 0.5) is 0 Å². The van der Waals surface area contributed by atoms with Crippen molar-refractivity contribution in [1.29, 1.82) is 0 Å². The van der Waals surface area contributed by atoms with Crippen molar-refractivity contribution in [2.45, 2.75) is 0 Å². The lowest BCUT2D eigenvalue weighted by molar-refractivity contribution is 0.963. The van der Waals surface area contributed by atoms with Gasteiger partial charge in [0.2, 0.25) is 0 Å². The molecule has 1 heterocycles. The van der Waals surface area contributed by atoms with Crippen LogP contribution in [0.25, 0.3) is 0 Å². The zero-order valence-corrected chi connectivity index (χ0v) is 10.6. The molecule has 0 amide bonds. The molecule has 1 N–H and O–H groups in total. The third kappa shape index (κ3) is 4.65. The van der Waals surface area contributed by atoms with Crippen molar-refractivity contribution in [3.05, 3.63) is 0 Å². The van der Waals surface area contributed by atoms with Gasteiger partial charge in [0.1, 0.15) is 0 Å². The van der Waals surface area contributed by atoms with E-state index in [1.54, 1.807) is 11.8 Å². The first-order valence-electron chi connectivity index (χ1n) is 2.26. The predicted octanol–water partition coefficient (Wildman–Crippen LogP) is 1.54. The van der Waals surface area contributed by atoms with Crippen molar-refractivity contribution in [3.8, 4) is 0 Å². The van der Waals surface area contributed by atoms with Gasteiger partial charge in [-0.1, -0.05) is 11.8 Å². The molecular formula is C4H10I2N2S. The van der Waals surface area contributed by atoms with Crippen LogP contribution < -0.4 is 5.32 Å². The maximum Gasteiger partial charge on any atom is 0.156 e. The molecule has 56 valence electrons. The Morgan fingerprint density at radius 3 is 2.44 bits per heavy atom. The molecule has 5 heteroatoms. The molecule has 0 unspecified atom stereocenters. The number of hydrogen-bond donors (Lipinski definition) is 1. The van der Waals surface area contributed by atoms with Gasteiger partial charge >= 0.3 is 0 Å². The van der Waals surface area contributed by atoms with Crippen LogP contribution in [0.1, 0.15) is 0 Å². The highest BCUT2D eigenvalue weighted by Crippen LogP contribution is 1.97. The van der Waals surface area contributed by atoms with Crippen molar-refractivity contribution >= 4 is 64.9 Å². The summed E-state index contributed by atoms with van der Waals surface area (Å²) in [5.41, 5.74) is 0. The smallest absolute Gasteiger partial charge is 0.156 e. The Balaban J connectivity index is 0. The van der Waals surface area contributed by atoms with Gasteiger partial charge in [-0.15, -0.1) is 48.0 Å². The van der Waals surface area contributed by atoms with Gasteiger partial charge in [-0.25, -0.2) is 0 Å². The summed E-state index contributed by atoms with van der Waals surface area (Å²) in [7, 11) is 0. The number of amidine groups is 1. The summed E-state index contributed by atoms with van der Waals surface area (Å²) in [6.07, 6.45) is 2.02. The van der Waals surface area contributed by atoms with Crippen molar-refractivity contribution in [2.75, 3.05) is 19.3 Å². The zero-order chi connectivity index (χ0) is 5.11. The fourth-order valence-electron chi connectivity index (χ4n) is 0.513. The zero-order valence-electron chi connectivity index (χ0n) is 5.09. The van der Waals surface area contributed by atoms with Gasteiger partial charge in [-0.05, 0) is 6.26 Å². The van der Waals surface area contributed by atoms with E-state index in [9.17, 15) is 0 Å². The third-order valence-corrected chi connectivity index (χ3v) is 1.50. The van der Waals surface area contributed by atoms with Crippen LogP contribution in [-0.4, -0.2) is 24.5 Å². The molecule has 1 aliphatic heterocycles. The number of nitrogens with zero attached hydrogens (tertiary/aromatic N) is 1. The molecule has 1 aliphatic rings. The molecule has 1 rings (SSSR count). The Labute approximate surface area is 93.7 Å². The fourth-order valence-corrected chi connectivity index (χ4v) is 0.980. The lowest BCUT2D eigenvalue weighted by Gasteiger charge is -1.91. The lowest BCUT2D eigenvalue weighted by atomic mass is 10.7. The van der Waals surface area contributed by atoms with Crippen LogP contribution in [0, 0.1) is 0 Å². The normalized spacial score (nSPS) is 14.6. The molecular weight excluding hydrogens is 362 g/mol. The highest BCUT2D eigenvalue weighted by Gasteiger charge is 1.99. The van der Waals surface area contributed by atoms with E-state index in [-0.39, 0.29) is 48.0 Å². The minimum Gasteiger partial charge on any atom is -0.363 e. The van der Waals surface area contributed by atoms with Crippen LogP contribution in [0.3, 0.4) is 0 Å². The van der Waals surface area contributed by atoms with E-state index in [1.807, 2.05) is 6.26 Å². The van der Waals surface area contributed by atoms with Gasteiger partial charge in [0.15, 0.2) is 5.17 Å². The average Bonchev–Trinajstić information content (AvgIpc) is 2.14. The van der Waals surface area contributed by atoms with Crippen LogP contribution >= 0.6 is 59.7 Å². The molecule has 9 heavy (non-hydrogen) atoms. The SMILES string of the molecule is CSC1=NCCN1.I.I. The minimum absolute atomic E-state index is 0. The molecule has 0 atom stereocenters. The summed E-state index contributed by atoms with van der Waals surface area (Å²) in [5, 5.41) is 4.20.